The maximum Gasteiger partial charge on any atom is 0.338 e. The Morgan fingerprint density at radius 1 is 1.20 bits per heavy atom. The van der Waals surface area contributed by atoms with Crippen molar-refractivity contribution in [2.24, 2.45) is 0 Å². The van der Waals surface area contributed by atoms with E-state index in [1.165, 1.54) is 17.8 Å². The van der Waals surface area contributed by atoms with E-state index < -0.39 is 5.97 Å². The van der Waals surface area contributed by atoms with Crippen LogP contribution in [0.4, 0.5) is 0 Å². The molecule has 0 unspecified atom stereocenters. The zero-order valence-corrected chi connectivity index (χ0v) is 11.2. The van der Waals surface area contributed by atoms with Gasteiger partial charge in [0.25, 0.3) is 0 Å². The van der Waals surface area contributed by atoms with E-state index in [1.807, 2.05) is 18.2 Å². The highest BCUT2D eigenvalue weighted by molar-refractivity contribution is 7.99. The lowest BCUT2D eigenvalue weighted by Gasteiger charge is -2.18. The van der Waals surface area contributed by atoms with E-state index in [0.29, 0.717) is 29.7 Å². The number of benzene rings is 1. The molecule has 1 aromatic carbocycles. The van der Waals surface area contributed by atoms with Crippen LogP contribution in [0.2, 0.25) is 0 Å². The van der Waals surface area contributed by atoms with Gasteiger partial charge in [0.15, 0.2) is 11.5 Å². The number of pyridine rings is 1. The van der Waals surface area contributed by atoms with Gasteiger partial charge in [0.2, 0.25) is 0 Å². The molecule has 0 bridgehead atoms. The summed E-state index contributed by atoms with van der Waals surface area (Å²) in [6, 6.07) is 8.66. The number of hydrogen-bond donors (Lipinski definition) is 1. The number of aromatic nitrogens is 1. The number of carboxylic acids is 1. The Morgan fingerprint density at radius 3 is 2.80 bits per heavy atom. The van der Waals surface area contributed by atoms with E-state index in [-0.39, 0.29) is 5.56 Å². The number of fused-ring (bicyclic) bond motifs is 1. The van der Waals surface area contributed by atoms with E-state index in [4.69, 9.17) is 14.6 Å². The molecule has 0 amide bonds. The quantitative estimate of drug-likeness (QED) is 0.937. The van der Waals surface area contributed by atoms with Gasteiger partial charge in [0, 0.05) is 11.1 Å². The summed E-state index contributed by atoms with van der Waals surface area (Å²) < 4.78 is 11.0. The van der Waals surface area contributed by atoms with Crippen LogP contribution in [0.15, 0.2) is 46.5 Å². The summed E-state index contributed by atoms with van der Waals surface area (Å²) in [7, 11) is 0. The largest absolute Gasteiger partial charge is 0.486 e. The topological polar surface area (TPSA) is 68.7 Å². The average molecular weight is 289 g/mol. The minimum absolute atomic E-state index is 0.187. The maximum atomic E-state index is 11.1. The van der Waals surface area contributed by atoms with Crippen molar-refractivity contribution >= 4 is 17.7 Å². The smallest absolute Gasteiger partial charge is 0.338 e. The minimum atomic E-state index is -0.988. The van der Waals surface area contributed by atoms with Crippen molar-refractivity contribution in [3.63, 3.8) is 0 Å². The molecule has 1 aliphatic heterocycles. The molecule has 0 aliphatic carbocycles. The lowest BCUT2D eigenvalue weighted by Crippen LogP contribution is -2.15. The van der Waals surface area contributed by atoms with Crippen LogP contribution in [0.25, 0.3) is 0 Å². The monoisotopic (exact) mass is 289 g/mol. The summed E-state index contributed by atoms with van der Waals surface area (Å²) in [5.41, 5.74) is 0.187. The molecule has 5 nitrogen and oxygen atoms in total. The summed E-state index contributed by atoms with van der Waals surface area (Å²) in [6.07, 6.45) is 1.58. The first-order valence-corrected chi connectivity index (χ1v) is 6.81. The Labute approximate surface area is 119 Å². The molecule has 2 heterocycles. The molecule has 0 saturated heterocycles. The summed E-state index contributed by atoms with van der Waals surface area (Å²) in [4.78, 5) is 16.1. The fourth-order valence-electron chi connectivity index (χ4n) is 1.83. The van der Waals surface area contributed by atoms with E-state index in [0.717, 1.165) is 4.90 Å². The van der Waals surface area contributed by atoms with Crippen LogP contribution in [0, 0.1) is 0 Å². The molecule has 102 valence electrons. The number of hydrogen-bond acceptors (Lipinski definition) is 5. The highest BCUT2D eigenvalue weighted by Gasteiger charge is 2.15. The number of carbonyl (C=O) groups is 1. The van der Waals surface area contributed by atoms with Gasteiger partial charge >= 0.3 is 5.97 Å². The lowest BCUT2D eigenvalue weighted by atomic mass is 10.3. The van der Waals surface area contributed by atoms with Gasteiger partial charge in [-0.15, -0.1) is 0 Å². The van der Waals surface area contributed by atoms with Crippen molar-refractivity contribution in [1.82, 2.24) is 4.98 Å². The number of nitrogens with zero attached hydrogens (tertiary/aromatic N) is 1. The predicted octanol–water partition coefficient (Wildman–Crippen LogP) is 2.70. The van der Waals surface area contributed by atoms with Gasteiger partial charge in [-0.2, -0.15) is 0 Å². The summed E-state index contributed by atoms with van der Waals surface area (Å²) >= 11 is 1.29. The Balaban J connectivity index is 1.90. The molecule has 20 heavy (non-hydrogen) atoms. The first kappa shape index (κ1) is 12.8. The van der Waals surface area contributed by atoms with Gasteiger partial charge in [-0.05, 0) is 30.3 Å². The third-order valence-corrected chi connectivity index (χ3v) is 3.74. The number of rotatable bonds is 3. The molecule has 1 N–H and O–H groups in total. The normalized spacial score (nSPS) is 13.0. The van der Waals surface area contributed by atoms with Gasteiger partial charge in [-0.3, -0.25) is 0 Å². The third kappa shape index (κ3) is 2.55. The van der Waals surface area contributed by atoms with Gasteiger partial charge in [-0.25, -0.2) is 9.78 Å². The molecule has 1 aromatic heterocycles. The van der Waals surface area contributed by atoms with Crippen LogP contribution in [-0.4, -0.2) is 29.3 Å². The predicted molar refractivity (Wildman–Crippen MR) is 72.8 cm³/mol. The van der Waals surface area contributed by atoms with Crippen molar-refractivity contribution < 1.29 is 19.4 Å². The van der Waals surface area contributed by atoms with E-state index in [1.54, 1.807) is 12.3 Å². The number of aromatic carboxylic acids is 1. The zero-order valence-electron chi connectivity index (χ0n) is 10.4. The van der Waals surface area contributed by atoms with Crippen molar-refractivity contribution in [3.05, 3.63) is 42.1 Å². The minimum Gasteiger partial charge on any atom is -0.486 e. The van der Waals surface area contributed by atoms with Gasteiger partial charge in [-0.1, -0.05) is 11.8 Å². The molecule has 0 fully saturated rings. The highest BCUT2D eigenvalue weighted by atomic mass is 32.2. The molecular weight excluding hydrogens is 278 g/mol. The zero-order chi connectivity index (χ0) is 13.9. The van der Waals surface area contributed by atoms with Crippen LogP contribution in [-0.2, 0) is 0 Å². The first-order chi connectivity index (χ1) is 9.74. The number of ether oxygens (including phenoxy) is 2. The molecule has 0 spiro atoms. The highest BCUT2D eigenvalue weighted by Crippen LogP contribution is 2.37. The number of carboxylic acid groups (broad SMARTS) is 1. The summed E-state index contributed by atoms with van der Waals surface area (Å²) in [5.74, 6) is 0.396. The van der Waals surface area contributed by atoms with Crippen LogP contribution >= 0.6 is 11.8 Å². The molecule has 2 aromatic rings. The van der Waals surface area contributed by atoms with E-state index in [9.17, 15) is 4.79 Å². The standard InChI is InChI=1S/C14H11NO4S/c16-14(17)10-2-1-5-15-13(10)20-9-3-4-11-12(8-9)19-7-6-18-11/h1-5,8H,6-7H2,(H,16,17). The second kappa shape index (κ2) is 5.42. The maximum absolute atomic E-state index is 11.1. The second-order valence-electron chi connectivity index (χ2n) is 4.07. The fourth-order valence-corrected chi connectivity index (χ4v) is 2.74. The molecule has 3 rings (SSSR count). The van der Waals surface area contributed by atoms with Crippen LogP contribution < -0.4 is 9.47 Å². The van der Waals surface area contributed by atoms with Gasteiger partial charge in [0.05, 0.1) is 5.56 Å². The Bertz CT molecular complexity index is 659. The van der Waals surface area contributed by atoms with E-state index in [2.05, 4.69) is 4.98 Å². The average Bonchev–Trinajstić information content (AvgIpc) is 2.47. The van der Waals surface area contributed by atoms with Gasteiger partial charge < -0.3 is 14.6 Å². The van der Waals surface area contributed by atoms with Crippen LogP contribution in [0.1, 0.15) is 10.4 Å². The van der Waals surface area contributed by atoms with Crippen molar-refractivity contribution in [2.75, 3.05) is 13.2 Å². The Morgan fingerprint density at radius 2 is 2.00 bits per heavy atom. The molecule has 6 heteroatoms. The van der Waals surface area contributed by atoms with Crippen molar-refractivity contribution in [2.45, 2.75) is 9.92 Å². The fraction of sp³-hybridized carbons (Fsp3) is 0.143. The third-order valence-electron chi connectivity index (χ3n) is 2.73. The van der Waals surface area contributed by atoms with Gasteiger partial charge in [0.1, 0.15) is 18.2 Å². The van der Waals surface area contributed by atoms with Crippen LogP contribution in [0.3, 0.4) is 0 Å². The molecule has 0 radical (unpaired) electrons. The molecule has 0 atom stereocenters. The summed E-state index contributed by atoms with van der Waals surface area (Å²) in [6.45, 7) is 1.06. The molecule has 0 saturated carbocycles. The Hall–Kier alpha value is -2.21. The van der Waals surface area contributed by atoms with Crippen molar-refractivity contribution in [1.29, 1.82) is 0 Å². The van der Waals surface area contributed by atoms with Crippen molar-refractivity contribution in [3.8, 4) is 11.5 Å². The summed E-state index contributed by atoms with van der Waals surface area (Å²) in [5, 5.41) is 9.59. The SMILES string of the molecule is O=C(O)c1cccnc1Sc1ccc2c(c1)OCCO2. The first-order valence-electron chi connectivity index (χ1n) is 6.00. The molecular formula is C14H11NO4S. The van der Waals surface area contributed by atoms with E-state index >= 15 is 0 Å². The van der Waals surface area contributed by atoms with Crippen LogP contribution in [0.5, 0.6) is 11.5 Å². The second-order valence-corrected chi connectivity index (χ2v) is 5.13. The molecule has 1 aliphatic rings. The Kier molecular flexibility index (Phi) is 3.47. The lowest BCUT2D eigenvalue weighted by molar-refractivity contribution is 0.0692.